The zero-order valence-corrected chi connectivity index (χ0v) is 30.7. The number of urea groups is 1. The molecule has 2 aliphatic rings. The van der Waals surface area contributed by atoms with Crippen LogP contribution in [-0.2, 0) is 14.8 Å². The molecule has 0 saturated carbocycles. The standard InChI is InChI=1S/C36H45ClN4O9S/c1-23-19-41(24(2)21-42)35(43)30-17-28(39-51(45,46)29-12-8-26(37)9-13-29)11-14-31(30)50-25(3)7-5-6-16-47-34(23)20-40(4)36(44)38-27-10-15-32-33(18-27)49-22-48-32/h8-15,17-18,23-25,34,39,42H,5-7,16,19-22H2,1-4H3,(H,38,44)/t23-,24+,25+,34-/m0/s1. The number of hydrogen-bond acceptors (Lipinski definition) is 9. The van der Waals surface area contributed by atoms with Crippen molar-refractivity contribution in [3.8, 4) is 17.2 Å². The van der Waals surface area contributed by atoms with E-state index in [1.165, 1.54) is 40.1 Å². The number of aliphatic hydroxyl groups is 1. The number of likely N-dealkylation sites (N-methyl/N-ethyl adjacent to an activating group) is 1. The van der Waals surface area contributed by atoms with Gasteiger partial charge in [-0.15, -0.1) is 0 Å². The highest BCUT2D eigenvalue weighted by Crippen LogP contribution is 2.34. The molecule has 13 nitrogen and oxygen atoms in total. The van der Waals surface area contributed by atoms with Crippen molar-refractivity contribution < 1.29 is 42.1 Å². The molecule has 51 heavy (non-hydrogen) atoms. The predicted octanol–water partition coefficient (Wildman–Crippen LogP) is 5.83. The van der Waals surface area contributed by atoms with E-state index in [1.54, 1.807) is 44.3 Å². The lowest BCUT2D eigenvalue weighted by Crippen LogP contribution is -2.48. The third-order valence-electron chi connectivity index (χ3n) is 8.85. The fourth-order valence-corrected chi connectivity index (χ4v) is 7.00. The zero-order valence-electron chi connectivity index (χ0n) is 29.1. The molecule has 0 aliphatic carbocycles. The smallest absolute Gasteiger partial charge is 0.321 e. The summed E-state index contributed by atoms with van der Waals surface area (Å²) in [6, 6.07) is 14.5. The van der Waals surface area contributed by atoms with Gasteiger partial charge in [0.2, 0.25) is 6.79 Å². The highest BCUT2D eigenvalue weighted by molar-refractivity contribution is 7.92. The van der Waals surface area contributed by atoms with E-state index >= 15 is 0 Å². The number of sulfonamides is 1. The summed E-state index contributed by atoms with van der Waals surface area (Å²) in [5, 5.41) is 13.5. The van der Waals surface area contributed by atoms with Crippen LogP contribution in [0.1, 0.15) is 50.4 Å². The van der Waals surface area contributed by atoms with Gasteiger partial charge in [0.1, 0.15) is 5.75 Å². The third-order valence-corrected chi connectivity index (χ3v) is 10.5. The second-order valence-electron chi connectivity index (χ2n) is 12.9. The first-order valence-corrected chi connectivity index (χ1v) is 18.7. The third kappa shape index (κ3) is 9.76. The van der Waals surface area contributed by atoms with Gasteiger partial charge in [-0.25, -0.2) is 13.2 Å². The van der Waals surface area contributed by atoms with Gasteiger partial charge in [0.25, 0.3) is 15.9 Å². The van der Waals surface area contributed by atoms with Gasteiger partial charge < -0.3 is 39.2 Å². The predicted molar refractivity (Wildman–Crippen MR) is 193 cm³/mol. The van der Waals surface area contributed by atoms with E-state index in [4.69, 9.17) is 30.5 Å². The van der Waals surface area contributed by atoms with Gasteiger partial charge in [0.15, 0.2) is 11.5 Å². The molecule has 4 atom stereocenters. The number of rotatable bonds is 8. The van der Waals surface area contributed by atoms with E-state index in [2.05, 4.69) is 10.0 Å². The molecule has 0 saturated heterocycles. The van der Waals surface area contributed by atoms with Crippen LogP contribution in [0.5, 0.6) is 17.2 Å². The van der Waals surface area contributed by atoms with Gasteiger partial charge in [0, 0.05) is 55.1 Å². The Morgan fingerprint density at radius 1 is 1.02 bits per heavy atom. The van der Waals surface area contributed by atoms with E-state index in [-0.39, 0.29) is 60.7 Å². The maximum Gasteiger partial charge on any atom is 0.321 e. The van der Waals surface area contributed by atoms with E-state index in [0.29, 0.717) is 41.0 Å². The average Bonchev–Trinajstić information content (AvgIpc) is 3.57. The maximum atomic E-state index is 14.4. The van der Waals surface area contributed by atoms with Gasteiger partial charge >= 0.3 is 6.03 Å². The van der Waals surface area contributed by atoms with E-state index in [1.807, 2.05) is 13.8 Å². The van der Waals surface area contributed by atoms with Crippen molar-refractivity contribution in [2.75, 3.05) is 50.2 Å². The largest absolute Gasteiger partial charge is 0.490 e. The second-order valence-corrected chi connectivity index (χ2v) is 15.1. The zero-order chi connectivity index (χ0) is 36.7. The van der Waals surface area contributed by atoms with Crippen molar-refractivity contribution in [2.45, 2.75) is 63.2 Å². The van der Waals surface area contributed by atoms with Crippen molar-refractivity contribution in [1.82, 2.24) is 9.80 Å². The normalized spacial score (nSPS) is 20.4. The van der Waals surface area contributed by atoms with Gasteiger partial charge in [-0.2, -0.15) is 0 Å². The number of ether oxygens (including phenoxy) is 4. The average molecular weight is 745 g/mol. The number of carbonyl (C=O) groups excluding carboxylic acids is 2. The first kappa shape index (κ1) is 38.0. The SMILES string of the molecule is C[C@@H]1CCCCO[C@@H](CN(C)C(=O)Nc2ccc3c(c2)OCO3)[C@@H](C)CN([C@H](C)CO)C(=O)c2cc(NS(=O)(=O)c3ccc(Cl)cc3)ccc2O1. The van der Waals surface area contributed by atoms with Crippen LogP contribution in [0.4, 0.5) is 16.2 Å². The number of benzene rings is 3. The Morgan fingerprint density at radius 2 is 1.73 bits per heavy atom. The summed E-state index contributed by atoms with van der Waals surface area (Å²) in [6.45, 7) is 6.20. The van der Waals surface area contributed by atoms with Crippen molar-refractivity contribution in [2.24, 2.45) is 5.92 Å². The molecule has 0 unspecified atom stereocenters. The van der Waals surface area contributed by atoms with E-state index < -0.39 is 28.1 Å². The Labute approximate surface area is 303 Å². The first-order valence-electron chi connectivity index (χ1n) is 16.9. The minimum Gasteiger partial charge on any atom is -0.490 e. The molecule has 3 aromatic rings. The molecule has 3 aromatic carbocycles. The minimum absolute atomic E-state index is 0.00752. The number of aliphatic hydroxyl groups excluding tert-OH is 1. The minimum atomic E-state index is -4.01. The number of nitrogens with one attached hydrogen (secondary N) is 2. The van der Waals surface area contributed by atoms with Gasteiger partial charge in [-0.05, 0) is 87.7 Å². The molecule has 3 N–H and O–H groups in total. The Morgan fingerprint density at radius 3 is 2.47 bits per heavy atom. The van der Waals surface area contributed by atoms with Crippen LogP contribution in [0, 0.1) is 5.92 Å². The number of fused-ring (bicyclic) bond motifs is 2. The van der Waals surface area contributed by atoms with Crippen LogP contribution < -0.4 is 24.2 Å². The summed E-state index contributed by atoms with van der Waals surface area (Å²) >= 11 is 5.95. The fourth-order valence-electron chi connectivity index (χ4n) is 5.82. The second kappa shape index (κ2) is 16.9. The molecule has 0 aromatic heterocycles. The molecule has 0 bridgehead atoms. The lowest BCUT2D eigenvalue weighted by molar-refractivity contribution is -0.0115. The number of nitrogens with zero attached hydrogens (tertiary/aromatic N) is 2. The first-order chi connectivity index (χ1) is 24.3. The summed E-state index contributed by atoms with van der Waals surface area (Å²) in [5.41, 5.74) is 0.852. The highest BCUT2D eigenvalue weighted by atomic mass is 35.5. The fraction of sp³-hybridized carbons (Fsp3) is 0.444. The summed E-state index contributed by atoms with van der Waals surface area (Å²) in [5.74, 6) is 0.714. The molecule has 0 radical (unpaired) electrons. The topological polar surface area (TPSA) is 156 Å². The van der Waals surface area contributed by atoms with Crippen molar-refractivity contribution in [3.05, 3.63) is 71.2 Å². The van der Waals surface area contributed by atoms with Crippen molar-refractivity contribution >= 4 is 44.9 Å². The molecule has 3 amide bonds. The van der Waals surface area contributed by atoms with Crippen LogP contribution in [-0.4, -0.2) is 93.7 Å². The van der Waals surface area contributed by atoms with Crippen LogP contribution in [0.2, 0.25) is 5.02 Å². The molecule has 276 valence electrons. The lowest BCUT2D eigenvalue weighted by atomic mass is 10.0. The molecule has 15 heteroatoms. The van der Waals surface area contributed by atoms with Gasteiger partial charge in [-0.1, -0.05) is 18.5 Å². The van der Waals surface area contributed by atoms with Crippen LogP contribution in [0.15, 0.2) is 65.6 Å². The number of carbonyl (C=O) groups is 2. The summed E-state index contributed by atoms with van der Waals surface area (Å²) < 4.78 is 52.4. The maximum absolute atomic E-state index is 14.4. The monoisotopic (exact) mass is 744 g/mol. The van der Waals surface area contributed by atoms with Crippen molar-refractivity contribution in [1.29, 1.82) is 0 Å². The Kier molecular flexibility index (Phi) is 12.6. The number of halogens is 1. The van der Waals surface area contributed by atoms with Crippen molar-refractivity contribution in [3.63, 3.8) is 0 Å². The molecule has 5 rings (SSSR count). The molecular formula is C36H45ClN4O9S. The number of hydrogen-bond donors (Lipinski definition) is 3. The number of amides is 3. The van der Waals surface area contributed by atoms with E-state index in [0.717, 1.165) is 12.8 Å². The van der Waals surface area contributed by atoms with Gasteiger partial charge in [0.05, 0.1) is 35.3 Å². The van der Waals surface area contributed by atoms with Crippen LogP contribution >= 0.6 is 11.6 Å². The van der Waals surface area contributed by atoms with Crippen LogP contribution in [0.25, 0.3) is 0 Å². The molecule has 0 spiro atoms. The van der Waals surface area contributed by atoms with Gasteiger partial charge in [-0.3, -0.25) is 9.52 Å². The molecule has 2 heterocycles. The number of anilines is 2. The quantitative estimate of drug-likeness (QED) is 0.258. The molecular weight excluding hydrogens is 700 g/mol. The van der Waals surface area contributed by atoms with Crippen LogP contribution in [0.3, 0.4) is 0 Å². The van der Waals surface area contributed by atoms with E-state index in [9.17, 15) is 23.1 Å². The highest BCUT2D eigenvalue weighted by Gasteiger charge is 2.31. The summed E-state index contributed by atoms with van der Waals surface area (Å²) in [6.07, 6.45) is 1.49. The lowest BCUT2D eigenvalue weighted by Gasteiger charge is -2.35. The summed E-state index contributed by atoms with van der Waals surface area (Å²) in [4.78, 5) is 30.7. The Balaban J connectivity index is 1.39. The Bertz CT molecular complexity index is 1790. The molecule has 0 fully saturated rings. The summed E-state index contributed by atoms with van der Waals surface area (Å²) in [7, 11) is -2.33. The Hall–Kier alpha value is -4.24. The molecule has 2 aliphatic heterocycles.